The lowest BCUT2D eigenvalue weighted by atomic mass is 9.73. The number of rotatable bonds is 25. The molecule has 24 heteroatoms. The molecule has 4 fully saturated rings. The van der Waals surface area contributed by atoms with Crippen LogP contribution in [-0.4, -0.2) is 224 Å². The molecule has 0 saturated carbocycles. The van der Waals surface area contributed by atoms with Gasteiger partial charge in [0.05, 0.1) is 84.6 Å². The minimum absolute atomic E-state index is 0.00235. The Hall–Kier alpha value is -4.02. The number of carbonyl (C=O) groups excluding carboxylic acids is 3. The van der Waals surface area contributed by atoms with Crippen molar-refractivity contribution < 1.29 is 84.4 Å². The molecule has 0 unspecified atom stereocenters. The number of aliphatic hydroxyl groups is 1. The van der Waals surface area contributed by atoms with Crippen molar-refractivity contribution in [3.05, 3.63) is 53.4 Å². The molecule has 0 aliphatic carbocycles. The van der Waals surface area contributed by atoms with Crippen LogP contribution in [0.25, 0.3) is 5.57 Å². The molecule has 6 rings (SSSR count). The van der Waals surface area contributed by atoms with E-state index in [1.54, 1.807) is 85.4 Å². The summed E-state index contributed by atoms with van der Waals surface area (Å²) in [4.78, 5) is 52.3. The minimum atomic E-state index is -3.17. The number of aliphatic hydroxyl groups excluding tert-OH is 1. The van der Waals surface area contributed by atoms with E-state index in [1.807, 2.05) is 41.7 Å². The number of amides is 1. The molecule has 5 aliphatic rings. The summed E-state index contributed by atoms with van der Waals surface area (Å²) in [5.74, 6) is 2.47. The summed E-state index contributed by atoms with van der Waals surface area (Å²) in [5, 5.41) is 12.5. The Kier molecular flexibility index (Phi) is 25.3. The number of alkyl halides is 1. The minimum Gasteiger partial charge on any atom is -0.458 e. The summed E-state index contributed by atoms with van der Waals surface area (Å²) < 4.78 is 109. The van der Waals surface area contributed by atoms with Crippen molar-refractivity contribution in [1.82, 2.24) is 14.8 Å². The van der Waals surface area contributed by atoms with Gasteiger partial charge >= 0.3 is 12.1 Å². The molecule has 1 amide bonds. The first-order chi connectivity index (χ1) is 40.6. The zero-order chi connectivity index (χ0) is 63.6. The highest BCUT2D eigenvalue weighted by Gasteiger charge is 2.61. The van der Waals surface area contributed by atoms with E-state index in [4.69, 9.17) is 57.9 Å². The normalized spacial score (nSPS) is 36.4. The highest BCUT2D eigenvalue weighted by atomic mass is 32.2. The summed E-state index contributed by atoms with van der Waals surface area (Å²) in [6.45, 7) is 22.5. The van der Waals surface area contributed by atoms with E-state index in [9.17, 15) is 18.3 Å². The molecule has 488 valence electrons. The maximum absolute atomic E-state index is 15.2. The standard InChI is InChI=1S/C62H100FN5O17S/c1-17-49-62(10)55(67(59(72)85-62)25-26-79-28-27-75-13)39(4)52(69)37(2)32-61(9,78-16)57(40(5)53(41(6)58(71)82-49)83-51-33-60(8,77-15)56(70)42(7)81-51)84-50-31-47(30-38(3)80-50)66(12)24-22-46(65-11)35-68(64)48(34-63)54(76-14)44-20-18-43(19-21-44)45-23-29-86(73,74)36-45/h18-21,23,35,37-42,47-51,53-57,70H,11,17,22,24-34,36,64H2,1-10,12-16H3/b46-35-/t37-,38-,39+,40+,41-,42+,47+,48-,49-,50+,51+,53+,54-,55-,56+,57-,60-,61-,62-/m1/s1. The van der Waals surface area contributed by atoms with Gasteiger partial charge in [0.1, 0.15) is 36.8 Å². The topological polar surface area (TPSA) is 255 Å². The summed E-state index contributed by atoms with van der Waals surface area (Å²) in [6, 6.07) is 5.25. The quantitative estimate of drug-likeness (QED) is 0.0343. The van der Waals surface area contributed by atoms with Gasteiger partial charge in [-0.2, -0.15) is 0 Å². The Morgan fingerprint density at radius 3 is 2.22 bits per heavy atom. The van der Waals surface area contributed by atoms with E-state index in [-0.39, 0.29) is 61.8 Å². The molecular weight excluding hydrogens is 1140 g/mol. The molecule has 1 aromatic carbocycles. The fraction of sp³-hybridized carbons (Fsp3) is 0.774. The van der Waals surface area contributed by atoms with Gasteiger partial charge in [0.25, 0.3) is 0 Å². The lowest BCUT2D eigenvalue weighted by Crippen LogP contribution is -2.60. The van der Waals surface area contributed by atoms with Crippen molar-refractivity contribution in [1.29, 1.82) is 0 Å². The molecule has 1 aromatic rings. The van der Waals surface area contributed by atoms with Crippen LogP contribution in [0, 0.1) is 23.7 Å². The maximum Gasteiger partial charge on any atom is 0.411 e. The van der Waals surface area contributed by atoms with Gasteiger partial charge in [-0.05, 0) is 91.3 Å². The van der Waals surface area contributed by atoms with E-state index in [1.165, 1.54) is 24.1 Å². The van der Waals surface area contributed by atoms with Gasteiger partial charge in [0, 0.05) is 90.8 Å². The Labute approximate surface area is 509 Å². The zero-order valence-electron chi connectivity index (χ0n) is 53.4. The molecule has 5 aliphatic heterocycles. The first-order valence-electron chi connectivity index (χ1n) is 30.3. The summed E-state index contributed by atoms with van der Waals surface area (Å²) >= 11 is 0. The van der Waals surface area contributed by atoms with Crippen molar-refractivity contribution in [2.24, 2.45) is 34.5 Å². The number of ether oxygens (including phenoxy) is 11. The van der Waals surface area contributed by atoms with Crippen LogP contribution in [0.1, 0.15) is 125 Å². The van der Waals surface area contributed by atoms with Crippen LogP contribution in [-0.2, 0) is 71.5 Å². The average molecular weight is 1240 g/mol. The van der Waals surface area contributed by atoms with E-state index in [0.29, 0.717) is 50.3 Å². The van der Waals surface area contributed by atoms with Gasteiger partial charge in [-0.15, -0.1) is 0 Å². The van der Waals surface area contributed by atoms with Crippen LogP contribution >= 0.6 is 0 Å². The van der Waals surface area contributed by atoms with E-state index in [2.05, 4.69) is 16.6 Å². The molecule has 0 aromatic heterocycles. The van der Waals surface area contributed by atoms with Crippen LogP contribution in [0.4, 0.5) is 9.18 Å². The van der Waals surface area contributed by atoms with Gasteiger partial charge in [0.2, 0.25) is 0 Å². The first-order valence-corrected chi connectivity index (χ1v) is 32.1. The fourth-order valence-electron chi connectivity index (χ4n) is 13.6. The molecule has 4 saturated heterocycles. The number of hydrogen-bond acceptors (Lipinski definition) is 21. The van der Waals surface area contributed by atoms with E-state index >= 15 is 14.0 Å². The molecule has 5 heterocycles. The predicted molar refractivity (Wildman–Crippen MR) is 321 cm³/mol. The van der Waals surface area contributed by atoms with Crippen molar-refractivity contribution in [2.45, 2.75) is 198 Å². The number of hydrazine groups is 1. The molecule has 86 heavy (non-hydrogen) atoms. The number of methoxy groups -OCH3 is 4. The smallest absolute Gasteiger partial charge is 0.411 e. The second kappa shape index (κ2) is 30.7. The molecule has 19 atom stereocenters. The predicted octanol–water partition coefficient (Wildman–Crippen LogP) is 6.62. The number of carbonyl (C=O) groups is 3. The average Bonchev–Trinajstić information content (AvgIpc) is 3.36. The van der Waals surface area contributed by atoms with Crippen molar-refractivity contribution in [3.8, 4) is 0 Å². The molecule has 0 spiro atoms. The van der Waals surface area contributed by atoms with E-state index < -0.39 is 130 Å². The monoisotopic (exact) mass is 1240 g/mol. The Morgan fingerprint density at radius 1 is 0.942 bits per heavy atom. The fourth-order valence-corrected chi connectivity index (χ4v) is 14.9. The highest BCUT2D eigenvalue weighted by molar-refractivity contribution is 7.92. The van der Waals surface area contributed by atoms with Gasteiger partial charge in [-0.3, -0.25) is 19.5 Å². The number of sulfone groups is 1. The van der Waals surface area contributed by atoms with Crippen LogP contribution in [0.15, 0.2) is 47.2 Å². The highest BCUT2D eigenvalue weighted by Crippen LogP contribution is 2.45. The summed E-state index contributed by atoms with van der Waals surface area (Å²) in [5.41, 5.74) is -1.18. The Morgan fingerprint density at radius 2 is 1.63 bits per heavy atom. The largest absolute Gasteiger partial charge is 0.458 e. The summed E-state index contributed by atoms with van der Waals surface area (Å²) in [6.07, 6.45) is -3.13. The third kappa shape index (κ3) is 16.5. The first kappa shape index (κ1) is 71.1. The van der Waals surface area contributed by atoms with Crippen molar-refractivity contribution >= 4 is 40.0 Å². The number of aliphatic imine (C=N–C) groups is 1. The van der Waals surface area contributed by atoms with Gasteiger partial charge in [0.15, 0.2) is 28.0 Å². The number of fused-ring (bicyclic) bond motifs is 1. The van der Waals surface area contributed by atoms with Crippen LogP contribution in [0.5, 0.6) is 0 Å². The number of nitrogens with zero attached hydrogens (tertiary/aromatic N) is 4. The lowest BCUT2D eigenvalue weighted by molar-refractivity contribution is -0.309. The van der Waals surface area contributed by atoms with Crippen LogP contribution < -0.4 is 5.84 Å². The summed E-state index contributed by atoms with van der Waals surface area (Å²) in [7, 11) is 4.94. The zero-order valence-corrected chi connectivity index (χ0v) is 54.3. The molecule has 22 nitrogen and oxygen atoms in total. The Bertz CT molecular complexity index is 2600. The molecular formula is C62H100FN5O17S. The Balaban J connectivity index is 1.29. The molecule has 0 bridgehead atoms. The van der Waals surface area contributed by atoms with Crippen LogP contribution in [0.2, 0.25) is 0 Å². The second-order valence-corrected chi connectivity index (χ2v) is 27.0. The third-order valence-corrected chi connectivity index (χ3v) is 20.2. The second-order valence-electron chi connectivity index (χ2n) is 24.9. The number of Topliss-reactive ketones (excluding diaryl/α,β-unsaturated/α-hetero) is 1. The third-order valence-electron chi connectivity index (χ3n) is 18.8. The number of cyclic esters (lactones) is 1. The van der Waals surface area contributed by atoms with Gasteiger partial charge in [-0.1, -0.05) is 58.0 Å². The number of hydrogen-bond donors (Lipinski definition) is 2. The number of ketones is 1. The number of halogens is 1. The SMILES string of the molecule is C=N/C(=C\N(N)[C@H](CF)[C@H](OC)c1ccc(C2=CCS(=O)(=O)C2)cc1)CCN(C)[C@@H]1C[C@H](O[C@@H]2[C@@H](C)[C@H](O[C@H]3C[C@@](C)(OC)[C@@H](O)[C@H](C)O3)[C@@H](C)C(=O)O[C@H](CC)[C@@]3(C)OC(=O)N(CCOCCOC)[C@@H]3[C@@H](C)C(=O)[C@H](C)C[C@@]2(C)OC)O[C@H](C)C1. The van der Waals surface area contributed by atoms with Crippen molar-refractivity contribution in [2.75, 3.05) is 86.6 Å². The number of esters is 1. The number of benzene rings is 1. The van der Waals surface area contributed by atoms with Crippen LogP contribution in [0.3, 0.4) is 0 Å². The number of nitrogens with two attached hydrogens (primary N) is 1. The lowest BCUT2D eigenvalue weighted by Gasteiger charge is -2.49. The molecule has 0 radical (unpaired) electrons. The molecule has 3 N–H and O–H groups in total. The van der Waals surface area contributed by atoms with Gasteiger partial charge < -0.3 is 67.1 Å². The van der Waals surface area contributed by atoms with E-state index in [0.717, 1.165) is 11.1 Å². The van der Waals surface area contributed by atoms with Crippen molar-refractivity contribution in [3.63, 3.8) is 0 Å². The maximum atomic E-state index is 15.2. The van der Waals surface area contributed by atoms with Gasteiger partial charge in [-0.25, -0.2) is 23.4 Å².